The van der Waals surface area contributed by atoms with E-state index in [1.54, 1.807) is 0 Å². The van der Waals surface area contributed by atoms with E-state index in [4.69, 9.17) is 0 Å². The van der Waals surface area contributed by atoms with Gasteiger partial charge in [0, 0.05) is 39.3 Å². The normalized spacial score (nSPS) is 15.4. The largest absolute Gasteiger partial charge is 0.339 e. The summed E-state index contributed by atoms with van der Waals surface area (Å²) in [6.07, 6.45) is 0. The second-order valence-corrected chi connectivity index (χ2v) is 7.65. The Bertz CT molecular complexity index is 752. The number of carbonyl (C=O) groups is 1. The Hall–Kier alpha value is -1.86. The third kappa shape index (κ3) is 4.65. The molecule has 1 amide bonds. The molecule has 1 aromatic carbocycles. The lowest BCUT2D eigenvalue weighted by molar-refractivity contribution is -0.130. The highest BCUT2D eigenvalue weighted by Crippen LogP contribution is 2.18. The van der Waals surface area contributed by atoms with Crippen molar-refractivity contribution < 1.29 is 4.79 Å². The smallest absolute Gasteiger partial charge is 0.233 e. The average Bonchev–Trinajstić information content (AvgIpc) is 3.00. The fourth-order valence-electron chi connectivity index (χ4n) is 3.27. The van der Waals surface area contributed by atoms with Gasteiger partial charge >= 0.3 is 0 Å². The predicted octanol–water partition coefficient (Wildman–Crippen LogP) is 2.35. The minimum Gasteiger partial charge on any atom is -0.339 e. The molecule has 1 aromatic heterocycles. The van der Waals surface area contributed by atoms with Crippen molar-refractivity contribution in [1.82, 2.24) is 24.6 Å². The molecule has 0 unspecified atom stereocenters. The maximum Gasteiger partial charge on any atom is 0.233 e. The van der Waals surface area contributed by atoms with Gasteiger partial charge in [0.2, 0.25) is 5.91 Å². The lowest BCUT2D eigenvalue weighted by atomic mass is 10.1. The van der Waals surface area contributed by atoms with Gasteiger partial charge in [0.05, 0.1) is 5.75 Å². The number of thioether (sulfide) groups is 1. The van der Waals surface area contributed by atoms with Gasteiger partial charge < -0.3 is 9.47 Å². The molecule has 0 saturated carbocycles. The first-order valence-electron chi connectivity index (χ1n) is 9.15. The standard InChI is InChI=1S/C19H27N5OS/c1-4-24-16(3)20-21-19(24)26-14-18(25)23-10-8-22(9-11-23)13-17-7-5-6-15(2)12-17/h5-7,12H,4,8-11,13-14H2,1-3H3. The Morgan fingerprint density at radius 3 is 2.62 bits per heavy atom. The summed E-state index contributed by atoms with van der Waals surface area (Å²) in [6.45, 7) is 11.4. The molecule has 0 N–H and O–H groups in total. The summed E-state index contributed by atoms with van der Waals surface area (Å²) in [5.41, 5.74) is 2.64. The van der Waals surface area contributed by atoms with Crippen molar-refractivity contribution in [1.29, 1.82) is 0 Å². The van der Waals surface area contributed by atoms with Gasteiger partial charge in [-0.05, 0) is 26.3 Å². The van der Waals surface area contributed by atoms with Crippen molar-refractivity contribution in [3.05, 3.63) is 41.2 Å². The van der Waals surface area contributed by atoms with Crippen LogP contribution in [0.25, 0.3) is 0 Å². The van der Waals surface area contributed by atoms with Crippen molar-refractivity contribution in [3.63, 3.8) is 0 Å². The molecule has 6 nitrogen and oxygen atoms in total. The second kappa shape index (κ2) is 8.68. The van der Waals surface area contributed by atoms with E-state index in [9.17, 15) is 4.79 Å². The Kier molecular flexibility index (Phi) is 6.32. The molecule has 0 bridgehead atoms. The van der Waals surface area contributed by atoms with E-state index in [0.717, 1.165) is 50.2 Å². The van der Waals surface area contributed by atoms with E-state index in [0.29, 0.717) is 5.75 Å². The van der Waals surface area contributed by atoms with Crippen molar-refractivity contribution in [2.75, 3.05) is 31.9 Å². The van der Waals surface area contributed by atoms with Crippen LogP contribution in [-0.4, -0.2) is 62.4 Å². The molecule has 0 spiro atoms. The van der Waals surface area contributed by atoms with E-state index in [1.165, 1.54) is 22.9 Å². The van der Waals surface area contributed by atoms with E-state index < -0.39 is 0 Å². The van der Waals surface area contributed by atoms with Gasteiger partial charge in [0.1, 0.15) is 5.82 Å². The van der Waals surface area contributed by atoms with Crippen LogP contribution in [0.4, 0.5) is 0 Å². The van der Waals surface area contributed by atoms with E-state index in [1.807, 2.05) is 16.4 Å². The molecule has 7 heteroatoms. The minimum atomic E-state index is 0.188. The zero-order valence-electron chi connectivity index (χ0n) is 15.8. The first-order chi connectivity index (χ1) is 12.6. The van der Waals surface area contributed by atoms with Crippen molar-refractivity contribution in [3.8, 4) is 0 Å². The maximum absolute atomic E-state index is 12.5. The number of hydrogen-bond acceptors (Lipinski definition) is 5. The number of nitrogens with zero attached hydrogens (tertiary/aromatic N) is 5. The zero-order chi connectivity index (χ0) is 18.5. The number of benzene rings is 1. The molecule has 2 aromatic rings. The molecule has 1 aliphatic rings. The fraction of sp³-hybridized carbons (Fsp3) is 0.526. The lowest BCUT2D eigenvalue weighted by Crippen LogP contribution is -2.48. The van der Waals surface area contributed by atoms with Gasteiger partial charge in [-0.1, -0.05) is 41.6 Å². The summed E-state index contributed by atoms with van der Waals surface area (Å²) in [7, 11) is 0. The lowest BCUT2D eigenvalue weighted by Gasteiger charge is -2.34. The topological polar surface area (TPSA) is 54.3 Å². The molecule has 0 radical (unpaired) electrons. The SMILES string of the molecule is CCn1c(C)nnc1SCC(=O)N1CCN(Cc2cccc(C)c2)CC1. The van der Waals surface area contributed by atoms with Crippen LogP contribution >= 0.6 is 11.8 Å². The van der Waals surface area contributed by atoms with Crippen molar-refractivity contribution >= 4 is 17.7 Å². The molecule has 26 heavy (non-hydrogen) atoms. The second-order valence-electron chi connectivity index (χ2n) is 6.71. The highest BCUT2D eigenvalue weighted by Gasteiger charge is 2.22. The Labute approximate surface area is 159 Å². The van der Waals surface area contributed by atoms with Crippen LogP contribution in [0.15, 0.2) is 29.4 Å². The Balaban J connectivity index is 1.46. The van der Waals surface area contributed by atoms with Crippen LogP contribution in [0, 0.1) is 13.8 Å². The fourth-order valence-corrected chi connectivity index (χ4v) is 4.22. The molecular formula is C19H27N5OS. The molecular weight excluding hydrogens is 346 g/mol. The van der Waals surface area contributed by atoms with Crippen LogP contribution in [0.3, 0.4) is 0 Å². The molecule has 1 fully saturated rings. The highest BCUT2D eigenvalue weighted by molar-refractivity contribution is 7.99. The van der Waals surface area contributed by atoms with Crippen LogP contribution in [0.2, 0.25) is 0 Å². The van der Waals surface area contributed by atoms with Gasteiger partial charge in [-0.15, -0.1) is 10.2 Å². The molecule has 1 saturated heterocycles. The zero-order valence-corrected chi connectivity index (χ0v) is 16.6. The van der Waals surface area contributed by atoms with Crippen LogP contribution in [0.5, 0.6) is 0 Å². The van der Waals surface area contributed by atoms with Crippen LogP contribution in [0.1, 0.15) is 23.9 Å². The molecule has 1 aliphatic heterocycles. The summed E-state index contributed by atoms with van der Waals surface area (Å²) in [5.74, 6) is 1.51. The molecule has 0 aliphatic carbocycles. The number of piperazine rings is 1. The van der Waals surface area contributed by atoms with Gasteiger partial charge in [-0.2, -0.15) is 0 Å². The monoisotopic (exact) mass is 373 g/mol. The number of hydrogen-bond donors (Lipinski definition) is 0. The number of rotatable bonds is 6. The third-order valence-electron chi connectivity index (χ3n) is 4.76. The van der Waals surface area contributed by atoms with E-state index in [-0.39, 0.29) is 5.91 Å². The Morgan fingerprint density at radius 1 is 1.15 bits per heavy atom. The average molecular weight is 374 g/mol. The summed E-state index contributed by atoms with van der Waals surface area (Å²) in [6, 6.07) is 8.64. The summed E-state index contributed by atoms with van der Waals surface area (Å²) >= 11 is 1.48. The van der Waals surface area contributed by atoms with Crippen LogP contribution < -0.4 is 0 Å². The molecule has 140 valence electrons. The first-order valence-corrected chi connectivity index (χ1v) is 10.1. The summed E-state index contributed by atoms with van der Waals surface area (Å²) in [5, 5.41) is 9.09. The van der Waals surface area contributed by atoms with Gasteiger partial charge in [0.25, 0.3) is 0 Å². The quantitative estimate of drug-likeness (QED) is 0.728. The van der Waals surface area contributed by atoms with Crippen LogP contribution in [-0.2, 0) is 17.9 Å². The molecule has 0 atom stereocenters. The van der Waals surface area contributed by atoms with Gasteiger partial charge in [0.15, 0.2) is 5.16 Å². The van der Waals surface area contributed by atoms with Crippen molar-refractivity contribution in [2.24, 2.45) is 0 Å². The number of carbonyl (C=O) groups excluding carboxylic acids is 1. The molecule has 2 heterocycles. The summed E-state index contributed by atoms with van der Waals surface area (Å²) in [4.78, 5) is 16.9. The van der Waals surface area contributed by atoms with Crippen molar-refractivity contribution in [2.45, 2.75) is 39.0 Å². The van der Waals surface area contributed by atoms with Gasteiger partial charge in [-0.25, -0.2) is 0 Å². The molecule has 3 rings (SSSR count). The highest BCUT2D eigenvalue weighted by atomic mass is 32.2. The predicted molar refractivity (Wildman–Crippen MR) is 104 cm³/mol. The number of aromatic nitrogens is 3. The summed E-state index contributed by atoms with van der Waals surface area (Å²) < 4.78 is 2.04. The number of amides is 1. The number of aryl methyl sites for hydroxylation is 2. The third-order valence-corrected chi connectivity index (χ3v) is 5.71. The van der Waals surface area contributed by atoms with E-state index in [2.05, 4.69) is 53.2 Å². The van der Waals surface area contributed by atoms with Gasteiger partial charge in [-0.3, -0.25) is 9.69 Å². The van der Waals surface area contributed by atoms with E-state index >= 15 is 0 Å². The maximum atomic E-state index is 12.5. The first kappa shape index (κ1) is 18.9. The Morgan fingerprint density at radius 2 is 1.92 bits per heavy atom. The minimum absolute atomic E-state index is 0.188.